The summed E-state index contributed by atoms with van der Waals surface area (Å²) in [6.07, 6.45) is -2.81. The number of aliphatic hydroxyl groups excluding tert-OH is 1. The lowest BCUT2D eigenvalue weighted by atomic mass is 9.92. The molecule has 36 heavy (non-hydrogen) atoms. The molecule has 0 spiro atoms. The molecule has 184 valence electrons. The van der Waals surface area contributed by atoms with Crippen molar-refractivity contribution < 1.29 is 23.1 Å². The molecule has 2 aromatic heterocycles. The van der Waals surface area contributed by atoms with Crippen molar-refractivity contribution in [2.45, 2.75) is 18.6 Å². The van der Waals surface area contributed by atoms with Crippen LogP contribution in [0.15, 0.2) is 79.1 Å². The van der Waals surface area contributed by atoms with Gasteiger partial charge in [0.15, 0.2) is 5.65 Å². The van der Waals surface area contributed by atoms with Gasteiger partial charge in [-0.15, -0.1) is 0 Å². The smallest absolute Gasteiger partial charge is 0.394 e. The van der Waals surface area contributed by atoms with E-state index in [2.05, 4.69) is 10.3 Å². The van der Waals surface area contributed by atoms with Gasteiger partial charge in [-0.25, -0.2) is 4.98 Å². The maximum atomic E-state index is 13.2. The highest BCUT2D eigenvalue weighted by molar-refractivity contribution is 6.09. The van der Waals surface area contributed by atoms with E-state index in [9.17, 15) is 23.1 Å². The van der Waals surface area contributed by atoms with Gasteiger partial charge in [0.05, 0.1) is 35.1 Å². The first-order valence-corrected chi connectivity index (χ1v) is 11.2. The van der Waals surface area contributed by atoms with Gasteiger partial charge in [0.2, 0.25) is 0 Å². The number of alkyl halides is 3. The summed E-state index contributed by atoms with van der Waals surface area (Å²) in [6.45, 7) is 1.46. The number of rotatable bonds is 5. The molecule has 0 radical (unpaired) electrons. The van der Waals surface area contributed by atoms with E-state index in [1.165, 1.54) is 12.1 Å². The molecule has 1 amide bonds. The molecule has 1 atom stereocenters. The molecule has 3 aromatic carbocycles. The second kappa shape index (κ2) is 8.53. The van der Waals surface area contributed by atoms with Crippen molar-refractivity contribution in [2.24, 2.45) is 7.05 Å². The van der Waals surface area contributed by atoms with Crippen LogP contribution in [0.5, 0.6) is 0 Å². The van der Waals surface area contributed by atoms with Gasteiger partial charge in [-0.3, -0.25) is 9.36 Å². The molecule has 0 saturated heterocycles. The Morgan fingerprint density at radius 3 is 2.33 bits per heavy atom. The third kappa shape index (κ3) is 3.91. The van der Waals surface area contributed by atoms with Crippen molar-refractivity contribution in [2.75, 3.05) is 6.61 Å². The van der Waals surface area contributed by atoms with Gasteiger partial charge in [-0.1, -0.05) is 30.3 Å². The van der Waals surface area contributed by atoms with Crippen molar-refractivity contribution in [1.82, 2.24) is 19.4 Å². The summed E-state index contributed by atoms with van der Waals surface area (Å²) in [5.74, 6) is -0.366. The summed E-state index contributed by atoms with van der Waals surface area (Å²) in [6, 6.07) is 19.2. The van der Waals surface area contributed by atoms with E-state index >= 15 is 0 Å². The van der Waals surface area contributed by atoms with E-state index in [0.717, 1.165) is 28.6 Å². The van der Waals surface area contributed by atoms with E-state index in [-0.39, 0.29) is 12.5 Å². The Balaban J connectivity index is 1.58. The Kier molecular flexibility index (Phi) is 5.60. The normalized spacial score (nSPS) is 13.7. The Morgan fingerprint density at radius 1 is 1.00 bits per heavy atom. The molecule has 6 nitrogen and oxygen atoms in total. The number of carbonyl (C=O) groups is 1. The molecule has 2 N–H and O–H groups in total. The van der Waals surface area contributed by atoms with Crippen molar-refractivity contribution >= 4 is 28.0 Å². The van der Waals surface area contributed by atoms with Gasteiger partial charge in [0, 0.05) is 23.7 Å². The number of nitrogens with one attached hydrogen (secondary N) is 1. The number of halogens is 3. The number of benzene rings is 3. The van der Waals surface area contributed by atoms with E-state index in [4.69, 9.17) is 0 Å². The van der Waals surface area contributed by atoms with Crippen molar-refractivity contribution in [3.63, 3.8) is 0 Å². The first kappa shape index (κ1) is 23.6. The zero-order valence-corrected chi connectivity index (χ0v) is 19.5. The second-order valence-corrected chi connectivity index (χ2v) is 8.95. The van der Waals surface area contributed by atoms with Gasteiger partial charge in [-0.2, -0.15) is 13.2 Å². The molecule has 9 heteroatoms. The summed E-state index contributed by atoms with van der Waals surface area (Å²) in [5, 5.41) is 13.7. The van der Waals surface area contributed by atoms with E-state index < -0.39 is 17.3 Å². The molecular weight excluding hydrogens is 469 g/mol. The Hall–Kier alpha value is -4.11. The number of aromatic nitrogens is 3. The van der Waals surface area contributed by atoms with Crippen LogP contribution in [0.4, 0.5) is 13.2 Å². The zero-order valence-electron chi connectivity index (χ0n) is 19.5. The topological polar surface area (TPSA) is 72.1 Å². The van der Waals surface area contributed by atoms with Crippen LogP contribution in [-0.4, -0.2) is 31.7 Å². The molecule has 0 unspecified atom stereocenters. The average Bonchev–Trinajstić information content (AvgIpc) is 3.41. The van der Waals surface area contributed by atoms with Crippen LogP contribution in [0.2, 0.25) is 0 Å². The SMILES string of the molecule is Cn1cnc2c1c1cc(C(=O)N[C@](C)(CO)c3ccccc3)ccc1n2-c1ccc(C(F)(F)F)cc1. The minimum absolute atomic E-state index is 0.290. The fourth-order valence-electron chi connectivity index (χ4n) is 4.46. The van der Waals surface area contributed by atoms with Crippen LogP contribution in [0.3, 0.4) is 0 Å². The Bertz CT molecular complexity index is 1570. The van der Waals surface area contributed by atoms with E-state index in [1.54, 1.807) is 36.0 Å². The average molecular weight is 493 g/mol. The lowest BCUT2D eigenvalue weighted by Crippen LogP contribution is -2.46. The van der Waals surface area contributed by atoms with Crippen LogP contribution >= 0.6 is 0 Å². The van der Waals surface area contributed by atoms with Gasteiger partial charge in [0.25, 0.3) is 5.91 Å². The summed E-state index contributed by atoms with van der Waals surface area (Å²) >= 11 is 0. The number of hydrogen-bond acceptors (Lipinski definition) is 3. The molecule has 0 fully saturated rings. The first-order chi connectivity index (χ1) is 17.1. The first-order valence-electron chi connectivity index (χ1n) is 11.2. The number of carbonyl (C=O) groups excluding carboxylic acids is 1. The van der Waals surface area contributed by atoms with Crippen LogP contribution in [0.1, 0.15) is 28.4 Å². The highest BCUT2D eigenvalue weighted by Gasteiger charge is 2.31. The Labute approximate surface area is 204 Å². The number of aryl methyl sites for hydroxylation is 1. The molecule has 0 aliphatic carbocycles. The quantitative estimate of drug-likeness (QED) is 0.356. The predicted octanol–water partition coefficient (Wildman–Crippen LogP) is 5.17. The molecule has 0 aliphatic heterocycles. The van der Waals surface area contributed by atoms with Gasteiger partial charge < -0.3 is 15.0 Å². The fraction of sp³-hybridized carbons (Fsp3) is 0.185. The third-order valence-corrected chi connectivity index (χ3v) is 6.45. The number of aliphatic hydroxyl groups is 1. The number of fused-ring (bicyclic) bond motifs is 3. The van der Waals surface area contributed by atoms with E-state index in [0.29, 0.717) is 22.4 Å². The second-order valence-electron chi connectivity index (χ2n) is 8.95. The molecule has 0 bridgehead atoms. The summed E-state index contributed by atoms with van der Waals surface area (Å²) < 4.78 is 42.8. The summed E-state index contributed by atoms with van der Waals surface area (Å²) in [4.78, 5) is 17.7. The highest BCUT2D eigenvalue weighted by atomic mass is 19.4. The molecular formula is C27H23F3N4O2. The van der Waals surface area contributed by atoms with Gasteiger partial charge in [0.1, 0.15) is 0 Å². The minimum Gasteiger partial charge on any atom is -0.394 e. The van der Waals surface area contributed by atoms with Crippen molar-refractivity contribution in [1.29, 1.82) is 0 Å². The van der Waals surface area contributed by atoms with E-state index in [1.807, 2.05) is 41.9 Å². The summed E-state index contributed by atoms with van der Waals surface area (Å²) in [5.41, 5.74) is 1.96. The fourth-order valence-corrected chi connectivity index (χ4v) is 4.46. The number of amides is 1. The minimum atomic E-state index is -4.43. The maximum Gasteiger partial charge on any atom is 0.416 e. The predicted molar refractivity (Wildman–Crippen MR) is 131 cm³/mol. The number of nitrogens with zero attached hydrogens (tertiary/aromatic N) is 3. The Morgan fingerprint density at radius 2 is 1.69 bits per heavy atom. The molecule has 0 aliphatic rings. The molecule has 0 saturated carbocycles. The molecule has 2 heterocycles. The van der Waals surface area contributed by atoms with Gasteiger partial charge in [-0.05, 0) is 55.0 Å². The van der Waals surface area contributed by atoms with Crippen molar-refractivity contribution in [3.8, 4) is 5.69 Å². The zero-order chi connectivity index (χ0) is 25.7. The summed E-state index contributed by atoms with van der Waals surface area (Å²) in [7, 11) is 1.82. The van der Waals surface area contributed by atoms with Crippen LogP contribution < -0.4 is 5.32 Å². The number of imidazole rings is 1. The lowest BCUT2D eigenvalue weighted by molar-refractivity contribution is -0.137. The maximum absolute atomic E-state index is 13.2. The monoisotopic (exact) mass is 492 g/mol. The van der Waals surface area contributed by atoms with Crippen LogP contribution in [0.25, 0.3) is 27.8 Å². The third-order valence-electron chi connectivity index (χ3n) is 6.45. The van der Waals surface area contributed by atoms with Gasteiger partial charge >= 0.3 is 6.18 Å². The van der Waals surface area contributed by atoms with Crippen molar-refractivity contribution in [3.05, 3.63) is 95.8 Å². The lowest BCUT2D eigenvalue weighted by Gasteiger charge is -2.29. The van der Waals surface area contributed by atoms with Crippen LogP contribution in [-0.2, 0) is 18.8 Å². The number of hydrogen-bond donors (Lipinski definition) is 2. The molecule has 5 rings (SSSR count). The molecule has 5 aromatic rings. The largest absolute Gasteiger partial charge is 0.416 e. The van der Waals surface area contributed by atoms with Crippen LogP contribution in [0, 0.1) is 0 Å². The highest BCUT2D eigenvalue weighted by Crippen LogP contribution is 2.34. The standard InChI is InChI=1S/C27H23F3N4O2/c1-26(15-35,18-6-4-3-5-7-18)32-25(36)17-8-13-22-21(14-17)23-24(31-16-33(23)2)34(22)20-11-9-19(10-12-20)27(28,29)30/h3-14,16,35H,15H2,1-2H3,(H,32,36)/t26-/m1/s1.